The summed E-state index contributed by atoms with van der Waals surface area (Å²) >= 11 is 0. The molecule has 1 aromatic carbocycles. The lowest BCUT2D eigenvalue weighted by molar-refractivity contribution is 0.568. The Morgan fingerprint density at radius 1 is 1.47 bits per heavy atom. The lowest BCUT2D eigenvalue weighted by Gasteiger charge is -2.18. The molecule has 0 saturated heterocycles. The maximum atomic E-state index is 13.3. The first-order valence-corrected chi connectivity index (χ1v) is 5.68. The molecule has 0 amide bonds. The monoisotopic (exact) mass is 233 g/mol. The number of hydrogen-bond donors (Lipinski definition) is 1. The summed E-state index contributed by atoms with van der Waals surface area (Å²) in [7, 11) is 1.94. The molecule has 1 heterocycles. The topological polar surface area (TPSA) is 29.9 Å². The second-order valence-corrected chi connectivity index (χ2v) is 3.94. The molecule has 1 aromatic heterocycles. The third-order valence-corrected chi connectivity index (χ3v) is 2.71. The van der Waals surface area contributed by atoms with Gasteiger partial charge >= 0.3 is 0 Å². The van der Waals surface area contributed by atoms with Crippen molar-refractivity contribution in [2.45, 2.75) is 13.0 Å². The summed E-state index contributed by atoms with van der Waals surface area (Å²) in [5, 5.41) is 3.32. The van der Waals surface area contributed by atoms with Crippen molar-refractivity contribution in [1.29, 1.82) is 0 Å². The van der Waals surface area contributed by atoms with Crippen molar-refractivity contribution in [3.63, 3.8) is 0 Å². The molecule has 0 aliphatic rings. The van der Waals surface area contributed by atoms with Crippen LogP contribution in [0.2, 0.25) is 0 Å². The summed E-state index contributed by atoms with van der Waals surface area (Å²) in [6.45, 7) is 2.82. The molecule has 4 heteroatoms. The minimum absolute atomic E-state index is 0.0734. The van der Waals surface area contributed by atoms with E-state index in [4.69, 9.17) is 0 Å². The number of hydrogen-bond acceptors (Lipinski definition) is 2. The summed E-state index contributed by atoms with van der Waals surface area (Å²) in [6.07, 6.45) is 3.64. The molecular formula is C13H16FN3. The Morgan fingerprint density at radius 2 is 2.29 bits per heavy atom. The van der Waals surface area contributed by atoms with Crippen LogP contribution >= 0.6 is 0 Å². The minimum atomic E-state index is -0.223. The van der Waals surface area contributed by atoms with Gasteiger partial charge in [0.15, 0.2) is 0 Å². The highest BCUT2D eigenvalue weighted by Gasteiger charge is 2.17. The largest absolute Gasteiger partial charge is 0.336 e. The molecule has 0 bridgehead atoms. The molecule has 1 atom stereocenters. The van der Waals surface area contributed by atoms with Crippen LogP contribution in [0.25, 0.3) is 0 Å². The first-order valence-electron chi connectivity index (χ1n) is 5.68. The van der Waals surface area contributed by atoms with Gasteiger partial charge in [-0.15, -0.1) is 0 Å². The molecule has 2 rings (SSSR count). The molecule has 0 aliphatic heterocycles. The summed E-state index contributed by atoms with van der Waals surface area (Å²) in [5.41, 5.74) is 0.890. The predicted molar refractivity (Wildman–Crippen MR) is 65.1 cm³/mol. The van der Waals surface area contributed by atoms with E-state index in [1.54, 1.807) is 18.3 Å². The van der Waals surface area contributed by atoms with Gasteiger partial charge in [-0.3, -0.25) is 0 Å². The van der Waals surface area contributed by atoms with Crippen molar-refractivity contribution in [2.24, 2.45) is 7.05 Å². The van der Waals surface area contributed by atoms with Gasteiger partial charge in [0.2, 0.25) is 0 Å². The van der Waals surface area contributed by atoms with Gasteiger partial charge in [0.25, 0.3) is 0 Å². The van der Waals surface area contributed by atoms with Gasteiger partial charge < -0.3 is 9.88 Å². The Morgan fingerprint density at radius 3 is 2.88 bits per heavy atom. The van der Waals surface area contributed by atoms with Crippen LogP contribution < -0.4 is 5.32 Å². The van der Waals surface area contributed by atoms with Crippen LogP contribution in [-0.4, -0.2) is 16.1 Å². The Labute approximate surface area is 100 Å². The molecule has 0 aliphatic carbocycles. The normalized spacial score (nSPS) is 12.6. The van der Waals surface area contributed by atoms with Crippen LogP contribution in [-0.2, 0) is 7.05 Å². The Kier molecular flexibility index (Phi) is 3.54. The summed E-state index contributed by atoms with van der Waals surface area (Å²) in [4.78, 5) is 4.32. The Hall–Kier alpha value is -1.68. The van der Waals surface area contributed by atoms with Crippen LogP contribution in [0.5, 0.6) is 0 Å². The average molecular weight is 233 g/mol. The molecule has 0 saturated carbocycles. The second kappa shape index (κ2) is 5.10. The zero-order valence-electron chi connectivity index (χ0n) is 10.0. The maximum absolute atomic E-state index is 13.3. The highest BCUT2D eigenvalue weighted by molar-refractivity contribution is 5.25. The molecule has 17 heavy (non-hydrogen) atoms. The average Bonchev–Trinajstić information content (AvgIpc) is 2.72. The quantitative estimate of drug-likeness (QED) is 0.877. The maximum Gasteiger partial charge on any atom is 0.130 e. The fourth-order valence-electron chi connectivity index (χ4n) is 1.90. The van der Waals surface area contributed by atoms with Gasteiger partial charge in [0.05, 0.1) is 6.04 Å². The lowest BCUT2D eigenvalue weighted by atomic mass is 10.1. The van der Waals surface area contributed by atoms with E-state index < -0.39 is 0 Å². The zero-order chi connectivity index (χ0) is 12.3. The zero-order valence-corrected chi connectivity index (χ0v) is 10.0. The molecule has 0 fully saturated rings. The summed E-state index contributed by atoms with van der Waals surface area (Å²) in [6, 6.07) is 6.55. The fraction of sp³-hybridized carbons (Fsp3) is 0.308. The van der Waals surface area contributed by atoms with Crippen LogP contribution in [0.4, 0.5) is 4.39 Å². The van der Waals surface area contributed by atoms with Crippen molar-refractivity contribution in [1.82, 2.24) is 14.9 Å². The highest BCUT2D eigenvalue weighted by atomic mass is 19.1. The van der Waals surface area contributed by atoms with E-state index in [2.05, 4.69) is 10.3 Å². The molecule has 1 unspecified atom stereocenters. The number of nitrogens with one attached hydrogen (secondary N) is 1. The SMILES string of the molecule is CCNC(c1cccc(F)c1)c1nccn1C. The van der Waals surface area contributed by atoms with Crippen molar-refractivity contribution in [3.8, 4) is 0 Å². The van der Waals surface area contributed by atoms with Gasteiger partial charge in [-0.1, -0.05) is 19.1 Å². The number of halogens is 1. The number of aryl methyl sites for hydroxylation is 1. The van der Waals surface area contributed by atoms with E-state index in [9.17, 15) is 4.39 Å². The van der Waals surface area contributed by atoms with E-state index in [0.29, 0.717) is 0 Å². The van der Waals surface area contributed by atoms with Gasteiger partial charge in [-0.25, -0.2) is 9.37 Å². The van der Waals surface area contributed by atoms with Crippen LogP contribution in [0.1, 0.15) is 24.4 Å². The number of aromatic nitrogens is 2. The standard InChI is InChI=1S/C13H16FN3/c1-3-15-12(13-16-7-8-17(13)2)10-5-4-6-11(14)9-10/h4-9,12,15H,3H2,1-2H3. The Balaban J connectivity index is 2.39. The molecule has 1 N–H and O–H groups in total. The van der Waals surface area contributed by atoms with Gasteiger partial charge in [0.1, 0.15) is 11.6 Å². The highest BCUT2D eigenvalue weighted by Crippen LogP contribution is 2.20. The van der Waals surface area contributed by atoms with Crippen molar-refractivity contribution in [3.05, 3.63) is 53.9 Å². The predicted octanol–water partition coefficient (Wildman–Crippen LogP) is 2.26. The van der Waals surface area contributed by atoms with E-state index in [-0.39, 0.29) is 11.9 Å². The molecular weight excluding hydrogens is 217 g/mol. The van der Waals surface area contributed by atoms with Crippen molar-refractivity contribution in [2.75, 3.05) is 6.54 Å². The number of nitrogens with zero attached hydrogens (tertiary/aromatic N) is 2. The first kappa shape index (κ1) is 11.8. The van der Waals surface area contributed by atoms with E-state index >= 15 is 0 Å². The third-order valence-electron chi connectivity index (χ3n) is 2.71. The molecule has 3 nitrogen and oxygen atoms in total. The number of imidazole rings is 1. The minimum Gasteiger partial charge on any atom is -0.336 e. The lowest BCUT2D eigenvalue weighted by Crippen LogP contribution is -2.24. The smallest absolute Gasteiger partial charge is 0.130 e. The molecule has 0 spiro atoms. The van der Waals surface area contributed by atoms with Crippen molar-refractivity contribution >= 4 is 0 Å². The van der Waals surface area contributed by atoms with Crippen molar-refractivity contribution < 1.29 is 4.39 Å². The first-order chi connectivity index (χ1) is 8.22. The van der Waals surface area contributed by atoms with Crippen LogP contribution in [0.15, 0.2) is 36.7 Å². The second-order valence-electron chi connectivity index (χ2n) is 3.94. The van der Waals surface area contributed by atoms with Gasteiger partial charge in [0, 0.05) is 19.4 Å². The van der Waals surface area contributed by atoms with E-state index in [1.807, 2.05) is 30.8 Å². The van der Waals surface area contributed by atoms with E-state index in [0.717, 1.165) is 17.9 Å². The molecule has 0 radical (unpaired) electrons. The fourth-order valence-corrected chi connectivity index (χ4v) is 1.90. The molecule has 2 aromatic rings. The van der Waals surface area contributed by atoms with Crippen LogP contribution in [0.3, 0.4) is 0 Å². The van der Waals surface area contributed by atoms with Crippen LogP contribution in [0, 0.1) is 5.82 Å². The number of rotatable bonds is 4. The number of benzene rings is 1. The summed E-state index contributed by atoms with van der Waals surface area (Å²) in [5.74, 6) is 0.664. The molecule has 90 valence electrons. The summed E-state index contributed by atoms with van der Waals surface area (Å²) < 4.78 is 15.2. The Bertz CT molecular complexity index is 493. The van der Waals surface area contributed by atoms with Gasteiger partial charge in [-0.2, -0.15) is 0 Å². The van der Waals surface area contributed by atoms with Gasteiger partial charge in [-0.05, 0) is 24.2 Å². The van der Waals surface area contributed by atoms with E-state index in [1.165, 1.54) is 6.07 Å². The third kappa shape index (κ3) is 2.53.